The number of halogens is 1. The van der Waals surface area contributed by atoms with Gasteiger partial charge in [-0.25, -0.2) is 16.8 Å². The molecule has 3 N–H and O–H groups in total. The van der Waals surface area contributed by atoms with Crippen molar-refractivity contribution < 1.29 is 21.4 Å². The van der Waals surface area contributed by atoms with Gasteiger partial charge in [-0.05, 0) is 45.0 Å². The Bertz CT molecular complexity index is 1070. The zero-order chi connectivity index (χ0) is 21.2. The van der Waals surface area contributed by atoms with Crippen molar-refractivity contribution in [1.82, 2.24) is 10.5 Å². The van der Waals surface area contributed by atoms with Gasteiger partial charge in [-0.2, -0.15) is 0 Å². The minimum absolute atomic E-state index is 0. The van der Waals surface area contributed by atoms with Crippen LogP contribution >= 0.6 is 12.4 Å². The number of anilines is 3. The van der Waals surface area contributed by atoms with Crippen LogP contribution in [-0.4, -0.2) is 54.4 Å². The van der Waals surface area contributed by atoms with Crippen molar-refractivity contribution in [3.05, 3.63) is 29.7 Å². The van der Waals surface area contributed by atoms with Crippen LogP contribution in [0.25, 0.3) is 0 Å². The summed E-state index contributed by atoms with van der Waals surface area (Å²) in [6, 6.07) is 4.96. The molecule has 168 valence electrons. The fraction of sp³-hybridized carbons (Fsp3) is 0.471. The molecule has 2 aromatic rings. The molecule has 30 heavy (non-hydrogen) atoms. The van der Waals surface area contributed by atoms with Crippen molar-refractivity contribution in [1.29, 1.82) is 0 Å². The van der Waals surface area contributed by atoms with Crippen LogP contribution in [0.1, 0.15) is 17.9 Å². The van der Waals surface area contributed by atoms with E-state index in [2.05, 4.69) is 24.8 Å². The van der Waals surface area contributed by atoms with E-state index in [1.54, 1.807) is 18.2 Å². The topological polar surface area (TPSA) is 134 Å². The number of nitrogens with one attached hydrogen (secondary N) is 3. The van der Waals surface area contributed by atoms with E-state index in [-0.39, 0.29) is 40.1 Å². The van der Waals surface area contributed by atoms with Crippen molar-refractivity contribution >= 4 is 49.5 Å². The monoisotopic (exact) mass is 479 g/mol. The first-order valence-electron chi connectivity index (χ1n) is 9.10. The van der Waals surface area contributed by atoms with Gasteiger partial charge in [-0.15, -0.1) is 12.4 Å². The molecule has 0 bridgehead atoms. The van der Waals surface area contributed by atoms with E-state index in [1.165, 1.54) is 13.8 Å². The smallest absolute Gasteiger partial charge is 0.267 e. The minimum Gasteiger partial charge on any atom is -0.370 e. The van der Waals surface area contributed by atoms with Gasteiger partial charge < -0.3 is 14.7 Å². The van der Waals surface area contributed by atoms with Gasteiger partial charge in [0.2, 0.25) is 10.0 Å². The highest BCUT2D eigenvalue weighted by Gasteiger charge is 2.26. The normalized spacial score (nSPS) is 15.2. The van der Waals surface area contributed by atoms with Gasteiger partial charge in [0.1, 0.15) is 5.69 Å². The fourth-order valence-electron chi connectivity index (χ4n) is 3.26. The van der Waals surface area contributed by atoms with E-state index in [0.29, 0.717) is 0 Å². The molecule has 0 aliphatic carbocycles. The number of aryl methyl sites for hydroxylation is 2. The molecule has 13 heteroatoms. The third kappa shape index (κ3) is 5.78. The summed E-state index contributed by atoms with van der Waals surface area (Å²) in [5.74, 6) is 0.154. The second kappa shape index (κ2) is 9.41. The van der Waals surface area contributed by atoms with Gasteiger partial charge in [0, 0.05) is 25.3 Å². The number of benzene rings is 1. The lowest BCUT2D eigenvalue weighted by atomic mass is 10.2. The Morgan fingerprint density at radius 1 is 1.07 bits per heavy atom. The molecule has 0 unspecified atom stereocenters. The van der Waals surface area contributed by atoms with Crippen LogP contribution in [0, 0.1) is 13.8 Å². The van der Waals surface area contributed by atoms with E-state index in [4.69, 9.17) is 4.52 Å². The van der Waals surface area contributed by atoms with Crippen LogP contribution in [0.3, 0.4) is 0 Å². The number of hydrogen-bond acceptors (Lipinski definition) is 8. The fourth-order valence-corrected chi connectivity index (χ4v) is 5.24. The Labute approximate surface area is 182 Å². The van der Waals surface area contributed by atoms with E-state index >= 15 is 0 Å². The summed E-state index contributed by atoms with van der Waals surface area (Å²) in [5, 5.41) is 6.98. The molecule has 3 rings (SSSR count). The van der Waals surface area contributed by atoms with Gasteiger partial charge in [0.15, 0.2) is 10.7 Å². The van der Waals surface area contributed by atoms with Crippen LogP contribution in [0.2, 0.25) is 0 Å². The quantitative estimate of drug-likeness (QED) is 0.569. The van der Waals surface area contributed by atoms with E-state index in [1.807, 2.05) is 0 Å². The van der Waals surface area contributed by atoms with Crippen molar-refractivity contribution in [3.63, 3.8) is 0 Å². The average Bonchev–Trinajstić information content (AvgIpc) is 2.82. The third-order valence-corrected chi connectivity index (χ3v) is 6.68. The summed E-state index contributed by atoms with van der Waals surface area (Å²) in [5.41, 5.74) is 1.30. The minimum atomic E-state index is -4.02. The van der Waals surface area contributed by atoms with Crippen LogP contribution < -0.4 is 19.7 Å². The maximum atomic E-state index is 12.8. The predicted octanol–water partition coefficient (Wildman–Crippen LogP) is 1.69. The van der Waals surface area contributed by atoms with Crippen LogP contribution in [-0.2, 0) is 20.0 Å². The molecule has 2 heterocycles. The number of hydrogen-bond donors (Lipinski definition) is 3. The van der Waals surface area contributed by atoms with Gasteiger partial charge >= 0.3 is 0 Å². The molecule has 10 nitrogen and oxygen atoms in total. The number of sulfonamides is 2. The van der Waals surface area contributed by atoms with Gasteiger partial charge in [-0.3, -0.25) is 9.44 Å². The SMILES string of the molecule is Cc1noc(C)c1S(=O)(=O)Nc1ccc(N2CCCNCC2)cc1NS(C)(=O)=O.Cl. The zero-order valence-corrected chi connectivity index (χ0v) is 19.4. The van der Waals surface area contributed by atoms with Gasteiger partial charge in [0.05, 0.1) is 17.6 Å². The van der Waals surface area contributed by atoms with Crippen molar-refractivity contribution in [2.24, 2.45) is 0 Å². The van der Waals surface area contributed by atoms with Gasteiger partial charge in [-0.1, -0.05) is 5.16 Å². The maximum Gasteiger partial charge on any atom is 0.267 e. The lowest BCUT2D eigenvalue weighted by molar-refractivity contribution is 0.390. The summed E-state index contributed by atoms with van der Waals surface area (Å²) >= 11 is 0. The molecular weight excluding hydrogens is 454 g/mol. The van der Waals surface area contributed by atoms with Crippen molar-refractivity contribution in [2.75, 3.05) is 46.8 Å². The summed E-state index contributed by atoms with van der Waals surface area (Å²) in [4.78, 5) is 2.06. The Kier molecular flexibility index (Phi) is 7.61. The highest BCUT2D eigenvalue weighted by molar-refractivity contribution is 7.93. The number of aromatic nitrogens is 1. The summed E-state index contributed by atoms with van der Waals surface area (Å²) in [7, 11) is -7.64. The second-order valence-corrected chi connectivity index (χ2v) is 10.3. The largest absolute Gasteiger partial charge is 0.370 e. The van der Waals surface area contributed by atoms with Crippen molar-refractivity contribution in [3.8, 4) is 0 Å². The Morgan fingerprint density at radius 3 is 2.43 bits per heavy atom. The molecule has 1 aromatic heterocycles. The molecule has 1 aliphatic heterocycles. The van der Waals surface area contributed by atoms with E-state index < -0.39 is 20.0 Å². The molecule has 1 aromatic carbocycles. The summed E-state index contributed by atoms with van der Waals surface area (Å²) < 4.78 is 59.2. The third-order valence-electron chi connectivity index (χ3n) is 4.48. The summed E-state index contributed by atoms with van der Waals surface area (Å²) in [6.07, 6.45) is 1.97. The maximum absolute atomic E-state index is 12.8. The molecule has 0 spiro atoms. The highest BCUT2D eigenvalue weighted by Crippen LogP contribution is 2.32. The molecule has 1 saturated heterocycles. The molecule has 0 saturated carbocycles. The van der Waals surface area contributed by atoms with Crippen LogP contribution in [0.4, 0.5) is 17.1 Å². The van der Waals surface area contributed by atoms with E-state index in [9.17, 15) is 16.8 Å². The summed E-state index contributed by atoms with van der Waals surface area (Å²) in [6.45, 7) is 6.34. The second-order valence-electron chi connectivity index (χ2n) is 6.95. The first-order valence-corrected chi connectivity index (χ1v) is 12.5. The molecule has 0 amide bonds. The molecular formula is C17H26ClN5O5S2. The van der Waals surface area contributed by atoms with Crippen LogP contribution in [0.15, 0.2) is 27.6 Å². The number of nitrogens with zero attached hydrogens (tertiary/aromatic N) is 2. The van der Waals surface area contributed by atoms with Crippen molar-refractivity contribution in [2.45, 2.75) is 25.2 Å². The average molecular weight is 480 g/mol. The zero-order valence-electron chi connectivity index (χ0n) is 16.9. The molecule has 0 atom stereocenters. The molecule has 1 fully saturated rings. The highest BCUT2D eigenvalue weighted by atomic mass is 35.5. The number of rotatable bonds is 6. The lowest BCUT2D eigenvalue weighted by Crippen LogP contribution is -2.28. The Balaban J connectivity index is 0.00000320. The van der Waals surface area contributed by atoms with Gasteiger partial charge in [0.25, 0.3) is 10.0 Å². The first-order chi connectivity index (χ1) is 13.6. The molecule has 0 radical (unpaired) electrons. The molecule has 1 aliphatic rings. The van der Waals surface area contributed by atoms with Crippen LogP contribution in [0.5, 0.6) is 0 Å². The standard InChI is InChI=1S/C17H25N5O5S2.ClH/c1-12-17(13(2)27-19-12)29(25,26)21-15-6-5-14(11-16(15)20-28(3,23)24)22-9-4-7-18-8-10-22;/h5-6,11,18,20-21H,4,7-10H2,1-3H3;1H. The van der Waals surface area contributed by atoms with E-state index in [0.717, 1.165) is 44.5 Å². The Hall–Kier alpha value is -2.02. The lowest BCUT2D eigenvalue weighted by Gasteiger charge is -2.24. The first kappa shape index (κ1) is 24.3. The predicted molar refractivity (Wildman–Crippen MR) is 119 cm³/mol. The Morgan fingerprint density at radius 2 is 1.80 bits per heavy atom.